The summed E-state index contributed by atoms with van der Waals surface area (Å²) in [6, 6.07) is 0.792. The summed E-state index contributed by atoms with van der Waals surface area (Å²) in [5.74, 6) is 0.220. The minimum Gasteiger partial charge on any atom is -0.313 e. The molecule has 0 aromatic heterocycles. The van der Waals surface area contributed by atoms with Gasteiger partial charge in [0, 0.05) is 31.7 Å². The van der Waals surface area contributed by atoms with Gasteiger partial charge in [0.25, 0.3) is 0 Å². The van der Waals surface area contributed by atoms with E-state index in [1.165, 1.54) is 6.42 Å². The fraction of sp³-hybridized carbons (Fsp3) is 1.00. The molecule has 0 amide bonds. The molecule has 1 atom stereocenters. The largest absolute Gasteiger partial charge is 0.313 e. The Hall–Kier alpha value is -0.170. The van der Waals surface area contributed by atoms with Gasteiger partial charge in [0.1, 0.15) is 0 Å². The van der Waals surface area contributed by atoms with Gasteiger partial charge in [-0.15, -0.1) is 0 Å². The number of nitrogens with one attached hydrogen (secondary N) is 1. The maximum atomic E-state index is 12.4. The molecule has 6 heteroatoms. The monoisotopic (exact) mass is 289 g/mol. The SMILES string of the molecule is CC(C)NCCS(=O)(=O)N1CCCN2CCCC2C1. The molecule has 0 radical (unpaired) electrons. The van der Waals surface area contributed by atoms with Crippen molar-refractivity contribution in [3.63, 3.8) is 0 Å². The summed E-state index contributed by atoms with van der Waals surface area (Å²) >= 11 is 0. The van der Waals surface area contributed by atoms with Crippen LogP contribution in [-0.2, 0) is 10.0 Å². The highest BCUT2D eigenvalue weighted by Gasteiger charge is 2.33. The van der Waals surface area contributed by atoms with E-state index in [1.54, 1.807) is 4.31 Å². The van der Waals surface area contributed by atoms with Crippen LogP contribution in [0.25, 0.3) is 0 Å². The number of hydrogen-bond donors (Lipinski definition) is 1. The third-order valence-corrected chi connectivity index (χ3v) is 5.91. The molecule has 0 aliphatic carbocycles. The summed E-state index contributed by atoms with van der Waals surface area (Å²) < 4.78 is 26.5. The molecule has 2 aliphatic rings. The van der Waals surface area contributed by atoms with E-state index in [2.05, 4.69) is 10.2 Å². The summed E-state index contributed by atoms with van der Waals surface area (Å²) in [7, 11) is -3.10. The molecular weight excluding hydrogens is 262 g/mol. The number of hydrogen-bond acceptors (Lipinski definition) is 4. The zero-order valence-corrected chi connectivity index (χ0v) is 13.0. The maximum absolute atomic E-state index is 12.4. The van der Waals surface area contributed by atoms with Crippen LogP contribution in [0.5, 0.6) is 0 Å². The fourth-order valence-electron chi connectivity index (χ4n) is 3.03. The second-order valence-electron chi connectivity index (χ2n) is 5.97. The van der Waals surface area contributed by atoms with Crippen LogP contribution in [0.15, 0.2) is 0 Å². The number of nitrogens with zero attached hydrogens (tertiary/aromatic N) is 2. The molecule has 0 bridgehead atoms. The van der Waals surface area contributed by atoms with Crippen LogP contribution >= 0.6 is 0 Å². The number of fused-ring (bicyclic) bond motifs is 1. The molecule has 1 unspecified atom stereocenters. The average molecular weight is 289 g/mol. The molecule has 0 aromatic carbocycles. The van der Waals surface area contributed by atoms with E-state index in [4.69, 9.17) is 0 Å². The number of rotatable bonds is 5. The Morgan fingerprint density at radius 3 is 2.68 bits per heavy atom. The van der Waals surface area contributed by atoms with Crippen molar-refractivity contribution in [2.45, 2.75) is 45.2 Å². The maximum Gasteiger partial charge on any atom is 0.215 e. The second kappa shape index (κ2) is 6.52. The lowest BCUT2D eigenvalue weighted by Crippen LogP contribution is -2.42. The quantitative estimate of drug-likeness (QED) is 0.800. The standard InChI is InChI=1S/C13H27N3O2S/c1-12(2)14-6-10-19(17,18)16-9-4-8-15-7-3-5-13(15)11-16/h12-14H,3-11H2,1-2H3. The molecule has 2 fully saturated rings. The summed E-state index contributed by atoms with van der Waals surface area (Å²) in [5.41, 5.74) is 0. The van der Waals surface area contributed by atoms with Crippen molar-refractivity contribution in [2.75, 3.05) is 38.5 Å². The van der Waals surface area contributed by atoms with Gasteiger partial charge in [0.15, 0.2) is 0 Å². The lowest BCUT2D eigenvalue weighted by atomic mass is 10.2. The highest BCUT2D eigenvalue weighted by atomic mass is 32.2. The Morgan fingerprint density at radius 1 is 1.21 bits per heavy atom. The Bertz CT molecular complexity index is 383. The van der Waals surface area contributed by atoms with Crippen molar-refractivity contribution in [2.24, 2.45) is 0 Å². The third kappa shape index (κ3) is 4.15. The summed E-state index contributed by atoms with van der Waals surface area (Å²) in [5, 5.41) is 3.19. The van der Waals surface area contributed by atoms with Gasteiger partial charge in [-0.25, -0.2) is 12.7 Å². The van der Waals surface area contributed by atoms with Crippen LogP contribution in [0, 0.1) is 0 Å². The topological polar surface area (TPSA) is 52.7 Å². The van der Waals surface area contributed by atoms with Gasteiger partial charge in [0.05, 0.1) is 5.75 Å². The summed E-state index contributed by atoms with van der Waals surface area (Å²) in [6.07, 6.45) is 3.33. The minimum atomic E-state index is -3.10. The van der Waals surface area contributed by atoms with Crippen LogP contribution in [0.4, 0.5) is 0 Å². The minimum absolute atomic E-state index is 0.220. The van der Waals surface area contributed by atoms with Gasteiger partial charge in [-0.3, -0.25) is 4.90 Å². The normalized spacial score (nSPS) is 26.6. The van der Waals surface area contributed by atoms with Gasteiger partial charge >= 0.3 is 0 Å². The van der Waals surface area contributed by atoms with Crippen LogP contribution < -0.4 is 5.32 Å². The molecule has 2 heterocycles. The van der Waals surface area contributed by atoms with Crippen LogP contribution in [0.3, 0.4) is 0 Å². The number of sulfonamides is 1. The predicted octanol–water partition coefficient (Wildman–Crippen LogP) is 0.484. The van der Waals surface area contributed by atoms with Crippen molar-refractivity contribution in [3.05, 3.63) is 0 Å². The molecule has 0 spiro atoms. The van der Waals surface area contributed by atoms with Crippen molar-refractivity contribution in [3.8, 4) is 0 Å². The van der Waals surface area contributed by atoms with Gasteiger partial charge in [0.2, 0.25) is 10.0 Å². The molecule has 1 N–H and O–H groups in total. The van der Waals surface area contributed by atoms with Crippen LogP contribution in [0.1, 0.15) is 33.1 Å². The fourth-order valence-corrected chi connectivity index (χ4v) is 4.47. The van der Waals surface area contributed by atoms with Gasteiger partial charge in [-0.05, 0) is 32.4 Å². The summed E-state index contributed by atoms with van der Waals surface area (Å²) in [4.78, 5) is 2.46. The smallest absolute Gasteiger partial charge is 0.215 e. The average Bonchev–Trinajstić information content (AvgIpc) is 2.65. The zero-order chi connectivity index (χ0) is 13.9. The Balaban J connectivity index is 1.91. The molecule has 2 aliphatic heterocycles. The van der Waals surface area contributed by atoms with E-state index in [-0.39, 0.29) is 5.75 Å². The first kappa shape index (κ1) is 15.2. The zero-order valence-electron chi connectivity index (χ0n) is 12.1. The third-order valence-electron chi connectivity index (χ3n) is 4.07. The van der Waals surface area contributed by atoms with Crippen LogP contribution in [0.2, 0.25) is 0 Å². The Morgan fingerprint density at radius 2 is 1.95 bits per heavy atom. The lowest BCUT2D eigenvalue weighted by Gasteiger charge is -2.25. The van der Waals surface area contributed by atoms with Gasteiger partial charge in [-0.2, -0.15) is 0 Å². The summed E-state index contributed by atoms with van der Waals surface area (Å²) in [6.45, 7) is 8.21. The van der Waals surface area contributed by atoms with E-state index >= 15 is 0 Å². The van der Waals surface area contributed by atoms with Crippen molar-refractivity contribution >= 4 is 10.0 Å². The molecule has 5 nitrogen and oxygen atoms in total. The van der Waals surface area contributed by atoms with Crippen molar-refractivity contribution in [1.82, 2.24) is 14.5 Å². The highest BCUT2D eigenvalue weighted by molar-refractivity contribution is 7.89. The molecule has 19 heavy (non-hydrogen) atoms. The van der Waals surface area contributed by atoms with Gasteiger partial charge < -0.3 is 5.32 Å². The predicted molar refractivity (Wildman–Crippen MR) is 77.7 cm³/mol. The van der Waals surface area contributed by atoms with E-state index in [9.17, 15) is 8.42 Å². The second-order valence-corrected chi connectivity index (χ2v) is 8.06. The lowest BCUT2D eigenvalue weighted by molar-refractivity contribution is 0.257. The molecular formula is C13H27N3O2S. The molecule has 112 valence electrons. The Labute approximate surface area is 117 Å². The molecule has 2 saturated heterocycles. The highest BCUT2D eigenvalue weighted by Crippen LogP contribution is 2.22. The first-order chi connectivity index (χ1) is 8.99. The van der Waals surface area contributed by atoms with E-state index in [0.29, 0.717) is 31.7 Å². The Kier molecular flexibility index (Phi) is 5.22. The van der Waals surface area contributed by atoms with E-state index < -0.39 is 10.0 Å². The van der Waals surface area contributed by atoms with Crippen LogP contribution in [-0.4, -0.2) is 68.2 Å². The van der Waals surface area contributed by atoms with Crippen molar-refractivity contribution in [1.29, 1.82) is 0 Å². The first-order valence-corrected chi connectivity index (χ1v) is 9.05. The van der Waals surface area contributed by atoms with Crippen molar-refractivity contribution < 1.29 is 8.42 Å². The molecule has 0 saturated carbocycles. The molecule has 2 rings (SSSR count). The molecule has 0 aromatic rings. The van der Waals surface area contributed by atoms with E-state index in [0.717, 1.165) is 25.9 Å². The first-order valence-electron chi connectivity index (χ1n) is 7.44. The van der Waals surface area contributed by atoms with Gasteiger partial charge in [-0.1, -0.05) is 13.8 Å². The van der Waals surface area contributed by atoms with E-state index in [1.807, 2.05) is 13.8 Å².